The first-order valence-electron chi connectivity index (χ1n) is 6.80. The van der Waals surface area contributed by atoms with Crippen LogP contribution in [0.25, 0.3) is 10.2 Å². The van der Waals surface area contributed by atoms with Crippen molar-refractivity contribution in [1.29, 1.82) is 0 Å². The van der Waals surface area contributed by atoms with Gasteiger partial charge in [0.15, 0.2) is 4.34 Å². The normalized spacial score (nSPS) is 10.7. The molecule has 1 amide bonds. The van der Waals surface area contributed by atoms with Crippen LogP contribution in [0.2, 0.25) is 0 Å². The number of nitrogens with two attached hydrogens (primary N) is 1. The smallest absolute Gasteiger partial charge is 0.230 e. The molecule has 0 fully saturated rings. The number of carbonyl (C=O) groups excluding carboxylic acids is 1. The van der Waals surface area contributed by atoms with E-state index < -0.39 is 0 Å². The summed E-state index contributed by atoms with van der Waals surface area (Å²) in [6, 6.07) is 15.5. The Labute approximate surface area is 136 Å². The van der Waals surface area contributed by atoms with E-state index in [1.54, 1.807) is 11.3 Å². The molecule has 0 radical (unpaired) electrons. The lowest BCUT2D eigenvalue weighted by Gasteiger charge is -2.03. The van der Waals surface area contributed by atoms with E-state index in [1.165, 1.54) is 11.8 Å². The van der Waals surface area contributed by atoms with E-state index in [0.717, 1.165) is 25.8 Å². The van der Waals surface area contributed by atoms with Crippen molar-refractivity contribution in [2.45, 2.75) is 10.9 Å². The zero-order valence-corrected chi connectivity index (χ0v) is 13.4. The molecule has 0 bridgehead atoms. The molecule has 1 heterocycles. The maximum atomic E-state index is 11.9. The van der Waals surface area contributed by atoms with Crippen LogP contribution in [0.1, 0.15) is 5.56 Å². The van der Waals surface area contributed by atoms with Crippen LogP contribution < -0.4 is 11.1 Å². The fourth-order valence-corrected chi connectivity index (χ4v) is 3.90. The lowest BCUT2D eigenvalue weighted by Crippen LogP contribution is -2.24. The Morgan fingerprint density at radius 2 is 2.05 bits per heavy atom. The van der Waals surface area contributed by atoms with E-state index in [4.69, 9.17) is 5.73 Å². The highest BCUT2D eigenvalue weighted by atomic mass is 32.2. The van der Waals surface area contributed by atoms with Crippen molar-refractivity contribution >= 4 is 44.9 Å². The van der Waals surface area contributed by atoms with Gasteiger partial charge in [0.25, 0.3) is 0 Å². The third-order valence-electron chi connectivity index (χ3n) is 3.05. The van der Waals surface area contributed by atoms with Gasteiger partial charge in [0.05, 0.1) is 16.0 Å². The Kier molecular flexibility index (Phi) is 4.60. The topological polar surface area (TPSA) is 68.0 Å². The van der Waals surface area contributed by atoms with Crippen LogP contribution in [-0.2, 0) is 11.3 Å². The summed E-state index contributed by atoms with van der Waals surface area (Å²) in [5.74, 6) is 0.370. The van der Waals surface area contributed by atoms with Crippen LogP contribution in [0, 0.1) is 0 Å². The van der Waals surface area contributed by atoms with Gasteiger partial charge >= 0.3 is 0 Å². The lowest BCUT2D eigenvalue weighted by atomic mass is 10.2. The number of amides is 1. The summed E-state index contributed by atoms with van der Waals surface area (Å²) in [5.41, 5.74) is 8.50. The summed E-state index contributed by atoms with van der Waals surface area (Å²) >= 11 is 3.01. The first kappa shape index (κ1) is 14.9. The molecule has 0 spiro atoms. The molecule has 0 aliphatic heterocycles. The Balaban J connectivity index is 1.53. The predicted octanol–water partition coefficient (Wildman–Crippen LogP) is 3.29. The second kappa shape index (κ2) is 6.81. The highest BCUT2D eigenvalue weighted by Crippen LogP contribution is 2.30. The van der Waals surface area contributed by atoms with Gasteiger partial charge in [-0.2, -0.15) is 0 Å². The van der Waals surface area contributed by atoms with E-state index in [9.17, 15) is 4.79 Å². The second-order valence-electron chi connectivity index (χ2n) is 4.76. The third kappa shape index (κ3) is 3.78. The highest BCUT2D eigenvalue weighted by molar-refractivity contribution is 8.01. The van der Waals surface area contributed by atoms with Crippen LogP contribution in [-0.4, -0.2) is 16.6 Å². The molecule has 4 nitrogen and oxygen atoms in total. The van der Waals surface area contributed by atoms with Crippen LogP contribution in [0.15, 0.2) is 52.9 Å². The number of nitrogens with one attached hydrogen (secondary N) is 1. The van der Waals surface area contributed by atoms with Crippen molar-refractivity contribution in [2.75, 3.05) is 11.5 Å². The summed E-state index contributed by atoms with van der Waals surface area (Å²) in [4.78, 5) is 16.4. The van der Waals surface area contributed by atoms with Gasteiger partial charge in [-0.05, 0) is 23.8 Å². The number of thiazole rings is 1. The van der Waals surface area contributed by atoms with Gasteiger partial charge in [0.1, 0.15) is 0 Å². The molecule has 22 heavy (non-hydrogen) atoms. The summed E-state index contributed by atoms with van der Waals surface area (Å²) in [5, 5.41) is 2.91. The number of hydrogen-bond donors (Lipinski definition) is 2. The molecule has 6 heteroatoms. The summed E-state index contributed by atoms with van der Waals surface area (Å²) < 4.78 is 1.93. The van der Waals surface area contributed by atoms with Crippen molar-refractivity contribution < 1.29 is 4.79 Å². The molecule has 0 aliphatic carbocycles. The van der Waals surface area contributed by atoms with Crippen LogP contribution in [0.3, 0.4) is 0 Å². The zero-order valence-electron chi connectivity index (χ0n) is 11.8. The summed E-state index contributed by atoms with van der Waals surface area (Å²) in [7, 11) is 0. The van der Waals surface area contributed by atoms with Gasteiger partial charge in [0.2, 0.25) is 5.91 Å². The molecule has 0 atom stereocenters. The monoisotopic (exact) mass is 329 g/mol. The number of nitrogen functional groups attached to an aromatic ring is 1. The number of hydrogen-bond acceptors (Lipinski definition) is 5. The molecule has 0 unspecified atom stereocenters. The fourth-order valence-electron chi connectivity index (χ4n) is 1.96. The van der Waals surface area contributed by atoms with Gasteiger partial charge in [-0.3, -0.25) is 4.79 Å². The van der Waals surface area contributed by atoms with E-state index in [-0.39, 0.29) is 5.91 Å². The van der Waals surface area contributed by atoms with Crippen molar-refractivity contribution in [1.82, 2.24) is 10.3 Å². The van der Waals surface area contributed by atoms with Gasteiger partial charge in [-0.1, -0.05) is 42.1 Å². The zero-order chi connectivity index (χ0) is 15.4. The Morgan fingerprint density at radius 1 is 1.23 bits per heavy atom. The molecule has 3 rings (SSSR count). The molecular formula is C16H15N3OS2. The van der Waals surface area contributed by atoms with Crippen molar-refractivity contribution in [3.05, 3.63) is 54.1 Å². The number of thioether (sulfide) groups is 1. The number of rotatable bonds is 5. The molecule has 2 aromatic carbocycles. The number of benzene rings is 2. The van der Waals surface area contributed by atoms with Gasteiger partial charge in [0, 0.05) is 12.2 Å². The average Bonchev–Trinajstić information content (AvgIpc) is 2.94. The second-order valence-corrected chi connectivity index (χ2v) is 7.01. The van der Waals surface area contributed by atoms with E-state index in [0.29, 0.717) is 12.3 Å². The fraction of sp³-hybridized carbons (Fsp3) is 0.125. The number of carbonyl (C=O) groups is 1. The average molecular weight is 329 g/mol. The van der Waals surface area contributed by atoms with Gasteiger partial charge in [-0.15, -0.1) is 11.3 Å². The minimum absolute atomic E-state index is 0.00706. The van der Waals surface area contributed by atoms with E-state index in [2.05, 4.69) is 10.3 Å². The minimum atomic E-state index is 0.00706. The van der Waals surface area contributed by atoms with Gasteiger partial charge < -0.3 is 11.1 Å². The van der Waals surface area contributed by atoms with Crippen molar-refractivity contribution in [3.63, 3.8) is 0 Å². The van der Waals surface area contributed by atoms with Crippen LogP contribution in [0.5, 0.6) is 0 Å². The molecule has 0 saturated heterocycles. The van der Waals surface area contributed by atoms with Crippen LogP contribution >= 0.6 is 23.1 Å². The molecule has 1 aromatic heterocycles. The number of nitrogens with zero attached hydrogens (tertiary/aromatic N) is 1. The summed E-state index contributed by atoms with van der Waals surface area (Å²) in [6.45, 7) is 0.552. The quantitative estimate of drug-likeness (QED) is 0.557. The molecule has 0 aliphatic rings. The molecule has 3 aromatic rings. The SMILES string of the molecule is Nc1ccc2nc(SCC(=O)NCc3ccccc3)sc2c1. The Bertz CT molecular complexity index is 786. The Hall–Kier alpha value is -2.05. The Morgan fingerprint density at radius 3 is 2.86 bits per heavy atom. The molecule has 3 N–H and O–H groups in total. The third-order valence-corrected chi connectivity index (χ3v) is 5.21. The van der Waals surface area contributed by atoms with E-state index >= 15 is 0 Å². The maximum Gasteiger partial charge on any atom is 0.230 e. The van der Waals surface area contributed by atoms with Gasteiger partial charge in [-0.25, -0.2) is 4.98 Å². The number of anilines is 1. The standard InChI is InChI=1S/C16H15N3OS2/c17-12-6-7-13-14(8-12)22-16(19-13)21-10-15(20)18-9-11-4-2-1-3-5-11/h1-8H,9-10,17H2,(H,18,20). The number of aromatic nitrogens is 1. The molecule has 0 saturated carbocycles. The maximum absolute atomic E-state index is 11.9. The largest absolute Gasteiger partial charge is 0.399 e. The van der Waals surface area contributed by atoms with Crippen LogP contribution in [0.4, 0.5) is 5.69 Å². The number of fused-ring (bicyclic) bond motifs is 1. The first-order chi connectivity index (χ1) is 10.7. The van der Waals surface area contributed by atoms with Crippen molar-refractivity contribution in [2.24, 2.45) is 0 Å². The summed E-state index contributed by atoms with van der Waals surface area (Å²) in [6.07, 6.45) is 0. The predicted molar refractivity (Wildman–Crippen MR) is 93.0 cm³/mol. The minimum Gasteiger partial charge on any atom is -0.399 e. The highest BCUT2D eigenvalue weighted by Gasteiger charge is 2.08. The first-order valence-corrected chi connectivity index (χ1v) is 8.60. The molecule has 112 valence electrons. The lowest BCUT2D eigenvalue weighted by molar-refractivity contribution is -0.118. The molecular weight excluding hydrogens is 314 g/mol. The van der Waals surface area contributed by atoms with Crippen molar-refractivity contribution in [3.8, 4) is 0 Å². The van der Waals surface area contributed by atoms with E-state index in [1.807, 2.05) is 48.5 Å².